The van der Waals surface area contributed by atoms with Gasteiger partial charge < -0.3 is 0 Å². The van der Waals surface area contributed by atoms with E-state index in [1.807, 2.05) is 22.9 Å². The Morgan fingerprint density at radius 2 is 2.04 bits per heavy atom. The number of tetrazole rings is 1. The van der Waals surface area contributed by atoms with Crippen LogP contribution < -0.4 is 0 Å². The first kappa shape index (κ1) is 15.8. The van der Waals surface area contributed by atoms with Gasteiger partial charge in [-0.05, 0) is 35.4 Å². The fourth-order valence-corrected chi connectivity index (χ4v) is 4.57. The fourth-order valence-electron chi connectivity index (χ4n) is 3.29. The Balaban J connectivity index is 1.58. The van der Waals surface area contributed by atoms with Gasteiger partial charge in [-0.2, -0.15) is 0 Å². The van der Waals surface area contributed by atoms with Crippen molar-refractivity contribution < 1.29 is 0 Å². The van der Waals surface area contributed by atoms with Gasteiger partial charge >= 0.3 is 0 Å². The number of benzene rings is 1. The van der Waals surface area contributed by atoms with Crippen LogP contribution in [0.15, 0.2) is 35.6 Å². The molecule has 3 aromatic rings. The first-order chi connectivity index (χ1) is 11.8. The lowest BCUT2D eigenvalue weighted by Crippen LogP contribution is -2.15. The Morgan fingerprint density at radius 3 is 2.92 bits per heavy atom. The molecule has 0 saturated heterocycles. The quantitative estimate of drug-likeness (QED) is 0.633. The molecule has 1 aliphatic carbocycles. The third-order valence-corrected chi connectivity index (χ3v) is 5.87. The summed E-state index contributed by atoms with van der Waals surface area (Å²) < 4.78 is 2.00. The van der Waals surface area contributed by atoms with Crippen molar-refractivity contribution in [1.82, 2.24) is 25.2 Å². The molecule has 0 radical (unpaired) electrons. The Bertz CT molecular complexity index is 844. The summed E-state index contributed by atoms with van der Waals surface area (Å²) in [6.07, 6.45) is 7.96. The van der Waals surface area contributed by atoms with Crippen LogP contribution >= 0.6 is 23.4 Å². The minimum absolute atomic E-state index is 0.428. The molecule has 5 nitrogen and oxygen atoms in total. The van der Waals surface area contributed by atoms with E-state index in [-0.39, 0.29) is 0 Å². The van der Waals surface area contributed by atoms with Crippen molar-refractivity contribution in [2.75, 3.05) is 0 Å². The molecule has 4 rings (SSSR count). The Hall–Kier alpha value is -1.66. The van der Waals surface area contributed by atoms with Crippen LogP contribution in [0.1, 0.15) is 43.7 Å². The molecule has 0 amide bonds. The van der Waals surface area contributed by atoms with Crippen molar-refractivity contribution in [2.45, 2.75) is 49.1 Å². The van der Waals surface area contributed by atoms with Crippen LogP contribution in [-0.4, -0.2) is 25.2 Å². The highest BCUT2D eigenvalue weighted by atomic mass is 35.5. The van der Waals surface area contributed by atoms with Crippen molar-refractivity contribution in [2.24, 2.45) is 0 Å². The minimum Gasteiger partial charge on any atom is -0.256 e. The topological polar surface area (TPSA) is 56.5 Å². The average molecular weight is 360 g/mol. The van der Waals surface area contributed by atoms with Crippen LogP contribution in [0.3, 0.4) is 0 Å². The van der Waals surface area contributed by atoms with Crippen molar-refractivity contribution >= 4 is 34.3 Å². The third-order valence-electron chi connectivity index (χ3n) is 4.55. The van der Waals surface area contributed by atoms with Crippen molar-refractivity contribution in [3.63, 3.8) is 0 Å². The van der Waals surface area contributed by atoms with E-state index in [4.69, 9.17) is 11.6 Å². The predicted molar refractivity (Wildman–Crippen MR) is 96.3 cm³/mol. The van der Waals surface area contributed by atoms with Crippen LogP contribution in [0.25, 0.3) is 10.9 Å². The molecule has 0 aliphatic heterocycles. The number of halogens is 1. The summed E-state index contributed by atoms with van der Waals surface area (Å²) >= 11 is 8.05. The van der Waals surface area contributed by atoms with E-state index in [1.165, 1.54) is 19.3 Å². The van der Waals surface area contributed by atoms with Crippen molar-refractivity contribution in [3.05, 3.63) is 41.0 Å². The second kappa shape index (κ2) is 7.07. The Kier molecular flexibility index (Phi) is 4.67. The van der Waals surface area contributed by atoms with Crippen LogP contribution in [0.5, 0.6) is 0 Å². The Labute approximate surface area is 149 Å². The highest BCUT2D eigenvalue weighted by molar-refractivity contribution is 7.98. The van der Waals surface area contributed by atoms with E-state index < -0.39 is 0 Å². The molecule has 0 N–H and O–H groups in total. The van der Waals surface area contributed by atoms with Crippen LogP contribution in [0.2, 0.25) is 5.02 Å². The molecule has 1 fully saturated rings. The van der Waals surface area contributed by atoms with E-state index in [2.05, 4.69) is 26.6 Å². The average Bonchev–Trinajstić information content (AvgIpc) is 3.10. The maximum atomic E-state index is 6.42. The summed E-state index contributed by atoms with van der Waals surface area (Å²) in [6.45, 7) is 0. The fraction of sp³-hybridized carbons (Fsp3) is 0.412. The zero-order chi connectivity index (χ0) is 16.4. The lowest BCUT2D eigenvalue weighted by molar-refractivity contribution is 0.307. The SMILES string of the molecule is Clc1ccc2cccnc2c1CSc1nnnn1C1CCCCC1. The molecular formula is C17H18ClN5S. The molecule has 0 atom stereocenters. The number of aromatic nitrogens is 5. The number of fused-ring (bicyclic) bond motifs is 1. The molecule has 7 heteroatoms. The molecule has 1 aliphatic rings. The maximum Gasteiger partial charge on any atom is 0.209 e. The largest absolute Gasteiger partial charge is 0.256 e. The van der Waals surface area contributed by atoms with Crippen molar-refractivity contribution in [3.8, 4) is 0 Å². The van der Waals surface area contributed by atoms with Gasteiger partial charge in [-0.3, -0.25) is 4.98 Å². The molecule has 124 valence electrons. The van der Waals surface area contributed by atoms with Gasteiger partial charge in [0, 0.05) is 27.9 Å². The van der Waals surface area contributed by atoms with E-state index in [0.29, 0.717) is 11.8 Å². The van der Waals surface area contributed by atoms with Gasteiger partial charge in [0.2, 0.25) is 5.16 Å². The van der Waals surface area contributed by atoms with Crippen LogP contribution in [0, 0.1) is 0 Å². The lowest BCUT2D eigenvalue weighted by Gasteiger charge is -2.22. The molecule has 1 aromatic carbocycles. The van der Waals surface area contributed by atoms with Gasteiger partial charge in [-0.15, -0.1) is 5.10 Å². The van der Waals surface area contributed by atoms with Crippen LogP contribution in [-0.2, 0) is 5.75 Å². The number of pyridine rings is 1. The van der Waals surface area contributed by atoms with E-state index >= 15 is 0 Å². The van der Waals surface area contributed by atoms with Gasteiger partial charge in [0.25, 0.3) is 0 Å². The minimum atomic E-state index is 0.428. The highest BCUT2D eigenvalue weighted by Crippen LogP contribution is 2.33. The summed E-state index contributed by atoms with van der Waals surface area (Å²) in [5.74, 6) is 0.709. The summed E-state index contributed by atoms with van der Waals surface area (Å²) in [4.78, 5) is 4.50. The molecule has 2 heterocycles. The Morgan fingerprint density at radius 1 is 1.17 bits per heavy atom. The number of nitrogens with zero attached hydrogens (tertiary/aromatic N) is 5. The van der Waals surface area contributed by atoms with Gasteiger partial charge in [0.1, 0.15) is 0 Å². The highest BCUT2D eigenvalue weighted by Gasteiger charge is 2.20. The van der Waals surface area contributed by atoms with E-state index in [9.17, 15) is 0 Å². The zero-order valence-electron chi connectivity index (χ0n) is 13.2. The molecule has 0 unspecified atom stereocenters. The predicted octanol–water partition coefficient (Wildman–Crippen LogP) is 4.67. The number of rotatable bonds is 4. The number of hydrogen-bond donors (Lipinski definition) is 0. The van der Waals surface area contributed by atoms with Gasteiger partial charge in [-0.25, -0.2) is 4.68 Å². The van der Waals surface area contributed by atoms with Gasteiger partial charge in [0.05, 0.1) is 11.6 Å². The molecule has 0 bridgehead atoms. The summed E-state index contributed by atoms with van der Waals surface area (Å²) in [7, 11) is 0. The first-order valence-electron chi connectivity index (χ1n) is 8.26. The maximum absolute atomic E-state index is 6.42. The molecular weight excluding hydrogens is 342 g/mol. The normalized spacial score (nSPS) is 15.9. The van der Waals surface area contributed by atoms with Crippen LogP contribution in [0.4, 0.5) is 0 Å². The van der Waals surface area contributed by atoms with Gasteiger partial charge in [-0.1, -0.05) is 54.8 Å². The molecule has 0 spiro atoms. The third kappa shape index (κ3) is 3.13. The summed E-state index contributed by atoms with van der Waals surface area (Å²) in [6, 6.07) is 8.36. The standard InChI is InChI=1S/C17H18ClN5S/c18-15-9-8-12-5-4-10-19-16(12)14(15)11-24-17-20-21-22-23(17)13-6-2-1-3-7-13/h4-5,8-10,13H,1-3,6-7,11H2. The summed E-state index contributed by atoms with van der Waals surface area (Å²) in [5.41, 5.74) is 1.99. The lowest BCUT2D eigenvalue weighted by atomic mass is 9.96. The van der Waals surface area contributed by atoms with Crippen molar-refractivity contribution in [1.29, 1.82) is 0 Å². The second-order valence-electron chi connectivity index (χ2n) is 6.09. The first-order valence-corrected chi connectivity index (χ1v) is 9.62. The smallest absolute Gasteiger partial charge is 0.209 e. The number of hydrogen-bond acceptors (Lipinski definition) is 5. The van der Waals surface area contributed by atoms with E-state index in [0.717, 1.165) is 39.5 Å². The molecule has 24 heavy (non-hydrogen) atoms. The zero-order valence-corrected chi connectivity index (χ0v) is 14.8. The summed E-state index contributed by atoms with van der Waals surface area (Å²) in [5, 5.41) is 15.0. The van der Waals surface area contributed by atoms with E-state index in [1.54, 1.807) is 18.0 Å². The second-order valence-corrected chi connectivity index (χ2v) is 7.44. The molecule has 2 aromatic heterocycles. The molecule has 1 saturated carbocycles. The number of thioether (sulfide) groups is 1. The monoisotopic (exact) mass is 359 g/mol. The van der Waals surface area contributed by atoms with Gasteiger partial charge in [0.15, 0.2) is 0 Å².